The fraction of sp³-hybridized carbons (Fsp3) is 0.364. The summed E-state index contributed by atoms with van der Waals surface area (Å²) in [6.45, 7) is 7.51. The minimum atomic E-state index is -0.394. The van der Waals surface area contributed by atoms with Crippen LogP contribution >= 0.6 is 0 Å². The minimum absolute atomic E-state index is 0.255. The quantitative estimate of drug-likeness (QED) is 0.669. The van der Waals surface area contributed by atoms with Crippen molar-refractivity contribution in [2.45, 2.75) is 12.8 Å². The van der Waals surface area contributed by atoms with Crippen LogP contribution in [0.4, 0.5) is 10.1 Å². The van der Waals surface area contributed by atoms with Crippen LogP contribution in [0.5, 0.6) is 5.75 Å². The highest BCUT2D eigenvalue weighted by Crippen LogP contribution is 2.33. The number of nitrogens with zero attached hydrogens (tertiary/aromatic N) is 1. The van der Waals surface area contributed by atoms with E-state index in [1.165, 1.54) is 31.0 Å². The van der Waals surface area contributed by atoms with Gasteiger partial charge in [0.2, 0.25) is 5.69 Å². The van der Waals surface area contributed by atoms with E-state index in [2.05, 4.69) is 4.85 Å². The smallest absolute Gasteiger partial charge is 0.230 e. The molecule has 0 N–H and O–H groups in total. The van der Waals surface area contributed by atoms with Gasteiger partial charge in [0.05, 0.1) is 13.2 Å². The van der Waals surface area contributed by atoms with Gasteiger partial charge in [0.15, 0.2) is 0 Å². The molecule has 0 unspecified atom stereocenters. The zero-order valence-electron chi connectivity index (χ0n) is 7.66. The standard InChI is InChI=1S/C11H10FNO/c1-13-10-6-9(12)4-5-11(10)14-7-8-2-3-8/h4-6,8H,2-3,7H2. The highest BCUT2D eigenvalue weighted by atomic mass is 19.1. The predicted octanol–water partition coefficient (Wildman–Crippen LogP) is 3.17. The third-order valence-electron chi connectivity index (χ3n) is 2.21. The van der Waals surface area contributed by atoms with Crippen molar-refractivity contribution < 1.29 is 9.13 Å². The van der Waals surface area contributed by atoms with Crippen LogP contribution in [0, 0.1) is 18.3 Å². The van der Waals surface area contributed by atoms with Crippen LogP contribution in [0.15, 0.2) is 18.2 Å². The Kier molecular flexibility index (Phi) is 2.36. The average molecular weight is 191 g/mol. The van der Waals surface area contributed by atoms with Crippen LogP contribution in [0.1, 0.15) is 12.8 Å². The fourth-order valence-electron chi connectivity index (χ4n) is 1.19. The molecule has 1 saturated carbocycles. The largest absolute Gasteiger partial charge is 0.504 e. The maximum Gasteiger partial charge on any atom is 0.230 e. The first-order chi connectivity index (χ1) is 6.79. The maximum absolute atomic E-state index is 12.7. The molecule has 0 amide bonds. The molecule has 1 aromatic rings. The van der Waals surface area contributed by atoms with E-state index in [-0.39, 0.29) is 5.69 Å². The van der Waals surface area contributed by atoms with Gasteiger partial charge in [-0.05, 0) is 37.0 Å². The lowest BCUT2D eigenvalue weighted by atomic mass is 10.3. The summed E-state index contributed by atoms with van der Waals surface area (Å²) in [4.78, 5) is 3.21. The Morgan fingerprint density at radius 2 is 2.29 bits per heavy atom. The first kappa shape index (κ1) is 9.01. The summed E-state index contributed by atoms with van der Waals surface area (Å²) in [7, 11) is 0. The van der Waals surface area contributed by atoms with Crippen LogP contribution in [0.2, 0.25) is 0 Å². The number of hydrogen-bond acceptors (Lipinski definition) is 1. The lowest BCUT2D eigenvalue weighted by Gasteiger charge is -2.06. The lowest BCUT2D eigenvalue weighted by Crippen LogP contribution is -1.98. The van der Waals surface area contributed by atoms with Gasteiger partial charge in [0, 0.05) is 0 Å². The average Bonchev–Trinajstić information content (AvgIpc) is 2.99. The molecule has 0 radical (unpaired) electrons. The van der Waals surface area contributed by atoms with Gasteiger partial charge in [-0.15, -0.1) is 0 Å². The van der Waals surface area contributed by atoms with Gasteiger partial charge < -0.3 is 4.74 Å². The normalized spacial score (nSPS) is 14.9. The zero-order chi connectivity index (χ0) is 9.97. The van der Waals surface area contributed by atoms with E-state index in [0.29, 0.717) is 18.3 Å². The predicted molar refractivity (Wildman–Crippen MR) is 50.9 cm³/mol. The van der Waals surface area contributed by atoms with E-state index >= 15 is 0 Å². The Hall–Kier alpha value is -1.56. The van der Waals surface area contributed by atoms with E-state index in [1.54, 1.807) is 0 Å². The van der Waals surface area contributed by atoms with Crippen LogP contribution in [0.25, 0.3) is 4.85 Å². The van der Waals surface area contributed by atoms with Crippen LogP contribution in [0.3, 0.4) is 0 Å². The molecule has 0 saturated heterocycles. The maximum atomic E-state index is 12.7. The van der Waals surface area contributed by atoms with Crippen LogP contribution in [-0.2, 0) is 0 Å². The highest BCUT2D eigenvalue weighted by Gasteiger charge is 2.22. The summed E-state index contributed by atoms with van der Waals surface area (Å²) in [6.07, 6.45) is 2.41. The summed E-state index contributed by atoms with van der Waals surface area (Å²) in [5, 5.41) is 0. The number of ether oxygens (including phenoxy) is 1. The Labute approximate surface area is 82.1 Å². The Morgan fingerprint density at radius 1 is 1.50 bits per heavy atom. The number of hydrogen-bond donors (Lipinski definition) is 0. The molecule has 2 rings (SSSR count). The molecule has 0 spiro atoms. The van der Waals surface area contributed by atoms with Crippen molar-refractivity contribution >= 4 is 5.69 Å². The van der Waals surface area contributed by atoms with Crippen molar-refractivity contribution in [1.29, 1.82) is 0 Å². The second kappa shape index (κ2) is 3.67. The lowest BCUT2D eigenvalue weighted by molar-refractivity contribution is 0.301. The summed E-state index contributed by atoms with van der Waals surface area (Å²) in [5.41, 5.74) is 0.255. The molecule has 0 heterocycles. The molecule has 2 nitrogen and oxygen atoms in total. The van der Waals surface area contributed by atoms with Crippen molar-refractivity contribution in [3.8, 4) is 5.75 Å². The SMILES string of the molecule is [C-]#[N+]c1cc(F)ccc1OCC1CC1. The van der Waals surface area contributed by atoms with Crippen molar-refractivity contribution in [2.75, 3.05) is 6.61 Å². The molecule has 72 valence electrons. The first-order valence-electron chi connectivity index (χ1n) is 4.59. The van der Waals surface area contributed by atoms with E-state index in [1.807, 2.05) is 0 Å². The molecule has 1 fully saturated rings. The zero-order valence-corrected chi connectivity index (χ0v) is 7.66. The fourth-order valence-corrected chi connectivity index (χ4v) is 1.19. The third-order valence-corrected chi connectivity index (χ3v) is 2.21. The first-order valence-corrected chi connectivity index (χ1v) is 4.59. The molecule has 3 heteroatoms. The number of halogens is 1. The van der Waals surface area contributed by atoms with E-state index in [4.69, 9.17) is 11.3 Å². The molecule has 0 atom stereocenters. The van der Waals surface area contributed by atoms with Gasteiger partial charge in [-0.2, -0.15) is 0 Å². The summed E-state index contributed by atoms with van der Waals surface area (Å²) in [5.74, 6) is 0.738. The molecule has 1 aliphatic carbocycles. The van der Waals surface area contributed by atoms with Gasteiger partial charge in [-0.1, -0.05) is 0 Å². The minimum Gasteiger partial charge on any atom is -0.504 e. The van der Waals surface area contributed by atoms with Gasteiger partial charge in [0.1, 0.15) is 11.6 Å². The Bertz CT molecular complexity index is 379. The van der Waals surface area contributed by atoms with Gasteiger partial charge >= 0.3 is 0 Å². The molecule has 0 bridgehead atoms. The van der Waals surface area contributed by atoms with Gasteiger partial charge in [-0.3, -0.25) is 0 Å². The van der Waals surface area contributed by atoms with Crippen molar-refractivity contribution in [1.82, 2.24) is 0 Å². The van der Waals surface area contributed by atoms with Gasteiger partial charge in [-0.25, -0.2) is 9.24 Å². The van der Waals surface area contributed by atoms with E-state index in [0.717, 1.165) is 0 Å². The molecule has 1 aliphatic rings. The van der Waals surface area contributed by atoms with Crippen molar-refractivity contribution in [3.05, 3.63) is 35.4 Å². The van der Waals surface area contributed by atoms with E-state index in [9.17, 15) is 4.39 Å². The topological polar surface area (TPSA) is 13.6 Å². The van der Waals surface area contributed by atoms with Crippen molar-refractivity contribution in [3.63, 3.8) is 0 Å². The molecule has 0 aliphatic heterocycles. The summed E-state index contributed by atoms with van der Waals surface area (Å²) in [6, 6.07) is 4.04. The third kappa shape index (κ3) is 2.02. The summed E-state index contributed by atoms with van der Waals surface area (Å²) < 4.78 is 18.2. The second-order valence-corrected chi connectivity index (χ2v) is 3.48. The Morgan fingerprint density at radius 3 is 2.93 bits per heavy atom. The molecule has 14 heavy (non-hydrogen) atoms. The Balaban J connectivity index is 2.10. The molecular weight excluding hydrogens is 181 g/mol. The van der Waals surface area contributed by atoms with E-state index < -0.39 is 5.82 Å². The molecular formula is C11H10FNO. The second-order valence-electron chi connectivity index (χ2n) is 3.48. The molecule has 1 aromatic carbocycles. The summed E-state index contributed by atoms with van der Waals surface area (Å²) >= 11 is 0. The number of benzene rings is 1. The van der Waals surface area contributed by atoms with Gasteiger partial charge in [0.25, 0.3) is 0 Å². The van der Waals surface area contributed by atoms with Crippen LogP contribution < -0.4 is 4.74 Å². The number of rotatable bonds is 3. The highest BCUT2D eigenvalue weighted by molar-refractivity contribution is 5.57. The monoisotopic (exact) mass is 191 g/mol. The molecule has 0 aromatic heterocycles. The van der Waals surface area contributed by atoms with Crippen molar-refractivity contribution in [2.24, 2.45) is 5.92 Å². The van der Waals surface area contributed by atoms with Crippen LogP contribution in [-0.4, -0.2) is 6.61 Å².